The predicted molar refractivity (Wildman–Crippen MR) is 65.9 cm³/mol. The molecule has 0 atom stereocenters. The van der Waals surface area contributed by atoms with E-state index in [0.717, 1.165) is 12.2 Å². The Morgan fingerprint density at radius 3 is 2.44 bits per heavy atom. The molecule has 2 N–H and O–H groups in total. The molecule has 0 aliphatic carbocycles. The Hall–Kier alpha value is -0.900. The van der Waals surface area contributed by atoms with E-state index >= 15 is 0 Å². The first-order valence-corrected chi connectivity index (χ1v) is 6.46. The Balaban J connectivity index is 1.98. The van der Waals surface area contributed by atoms with Gasteiger partial charge in [0.25, 0.3) is 0 Å². The molecule has 0 radical (unpaired) electrons. The second-order valence-corrected chi connectivity index (χ2v) is 4.30. The summed E-state index contributed by atoms with van der Waals surface area (Å²) in [6, 6.07) is 0. The summed E-state index contributed by atoms with van der Waals surface area (Å²) in [5.74, 6) is 0. The van der Waals surface area contributed by atoms with Gasteiger partial charge in [-0.1, -0.05) is 50.7 Å². The minimum Gasteiger partial charge on any atom is -0.325 e. The molecular weight excluding hydrogens is 200 g/mol. The van der Waals surface area contributed by atoms with Crippen molar-refractivity contribution in [3.05, 3.63) is 11.9 Å². The topological polar surface area (TPSA) is 56.7 Å². The van der Waals surface area contributed by atoms with Gasteiger partial charge in [-0.3, -0.25) is 4.68 Å². The van der Waals surface area contributed by atoms with E-state index in [1.54, 1.807) is 0 Å². The van der Waals surface area contributed by atoms with Crippen molar-refractivity contribution in [1.29, 1.82) is 0 Å². The van der Waals surface area contributed by atoms with E-state index in [2.05, 4.69) is 17.2 Å². The van der Waals surface area contributed by atoms with E-state index in [9.17, 15) is 0 Å². The average Bonchev–Trinajstić information content (AvgIpc) is 2.76. The molecule has 0 unspecified atom stereocenters. The van der Waals surface area contributed by atoms with E-state index in [1.165, 1.54) is 44.9 Å². The molecule has 92 valence electrons. The maximum absolute atomic E-state index is 5.47. The van der Waals surface area contributed by atoms with Gasteiger partial charge < -0.3 is 5.73 Å². The first-order chi connectivity index (χ1) is 7.86. The number of aromatic nitrogens is 3. The van der Waals surface area contributed by atoms with Gasteiger partial charge in [0.1, 0.15) is 0 Å². The molecule has 0 saturated heterocycles. The second-order valence-electron chi connectivity index (χ2n) is 4.30. The Morgan fingerprint density at radius 2 is 1.81 bits per heavy atom. The molecule has 1 aromatic rings. The van der Waals surface area contributed by atoms with Crippen LogP contribution < -0.4 is 5.73 Å². The van der Waals surface area contributed by atoms with Crippen molar-refractivity contribution in [2.45, 2.75) is 65.0 Å². The van der Waals surface area contributed by atoms with Gasteiger partial charge in [-0.05, 0) is 6.42 Å². The van der Waals surface area contributed by atoms with Crippen LogP contribution in [0.15, 0.2) is 6.20 Å². The summed E-state index contributed by atoms with van der Waals surface area (Å²) in [7, 11) is 0. The lowest BCUT2D eigenvalue weighted by atomic mass is 10.1. The Bertz CT molecular complexity index is 270. The fourth-order valence-corrected chi connectivity index (χ4v) is 1.77. The van der Waals surface area contributed by atoms with E-state index in [0.29, 0.717) is 6.54 Å². The van der Waals surface area contributed by atoms with Gasteiger partial charge in [0.2, 0.25) is 0 Å². The zero-order valence-corrected chi connectivity index (χ0v) is 10.4. The molecule has 0 fully saturated rings. The summed E-state index contributed by atoms with van der Waals surface area (Å²) >= 11 is 0. The summed E-state index contributed by atoms with van der Waals surface area (Å²) in [4.78, 5) is 0. The Morgan fingerprint density at radius 1 is 1.12 bits per heavy atom. The average molecular weight is 224 g/mol. The molecule has 0 spiro atoms. The number of unbranched alkanes of at least 4 members (excludes halogenated alkanes) is 6. The third kappa shape index (κ3) is 5.26. The molecule has 0 saturated carbocycles. The summed E-state index contributed by atoms with van der Waals surface area (Å²) in [6.07, 6.45) is 11.2. The lowest BCUT2D eigenvalue weighted by Crippen LogP contribution is -1.99. The number of hydrogen-bond donors (Lipinski definition) is 1. The summed E-state index contributed by atoms with van der Waals surface area (Å²) in [5, 5.41) is 7.98. The normalized spacial score (nSPS) is 10.9. The van der Waals surface area contributed by atoms with Crippen LogP contribution >= 0.6 is 0 Å². The highest BCUT2D eigenvalue weighted by Gasteiger charge is 1.97. The van der Waals surface area contributed by atoms with Gasteiger partial charge in [0, 0.05) is 19.3 Å². The molecule has 0 aromatic carbocycles. The molecule has 4 heteroatoms. The van der Waals surface area contributed by atoms with Gasteiger partial charge >= 0.3 is 0 Å². The number of hydrogen-bond acceptors (Lipinski definition) is 3. The highest BCUT2D eigenvalue weighted by Crippen LogP contribution is 2.07. The van der Waals surface area contributed by atoms with Gasteiger partial charge in [0.15, 0.2) is 0 Å². The van der Waals surface area contributed by atoms with Crippen molar-refractivity contribution < 1.29 is 0 Å². The minimum atomic E-state index is 0.483. The van der Waals surface area contributed by atoms with Gasteiger partial charge in [0.05, 0.1) is 5.69 Å². The fourth-order valence-electron chi connectivity index (χ4n) is 1.77. The van der Waals surface area contributed by atoms with E-state index in [1.807, 2.05) is 10.9 Å². The van der Waals surface area contributed by atoms with Crippen LogP contribution in [0, 0.1) is 0 Å². The fraction of sp³-hybridized carbons (Fsp3) is 0.833. The lowest BCUT2D eigenvalue weighted by Gasteiger charge is -2.01. The minimum absolute atomic E-state index is 0.483. The van der Waals surface area contributed by atoms with Crippen LogP contribution in [0.25, 0.3) is 0 Å². The maximum Gasteiger partial charge on any atom is 0.0962 e. The van der Waals surface area contributed by atoms with Gasteiger partial charge in [-0.2, -0.15) is 0 Å². The number of aryl methyl sites for hydroxylation is 1. The van der Waals surface area contributed by atoms with Crippen LogP contribution in [0.1, 0.15) is 57.6 Å². The van der Waals surface area contributed by atoms with E-state index < -0.39 is 0 Å². The van der Waals surface area contributed by atoms with Crippen LogP contribution in [0.4, 0.5) is 0 Å². The molecule has 1 aromatic heterocycles. The zero-order chi connectivity index (χ0) is 11.6. The Kier molecular flexibility index (Phi) is 6.81. The maximum atomic E-state index is 5.47. The van der Waals surface area contributed by atoms with Crippen LogP contribution in [0.5, 0.6) is 0 Å². The SMILES string of the molecule is CCCCCCCCCn1cc(CN)nn1. The molecule has 4 nitrogen and oxygen atoms in total. The van der Waals surface area contributed by atoms with E-state index in [-0.39, 0.29) is 0 Å². The number of nitrogens with zero attached hydrogens (tertiary/aromatic N) is 3. The number of nitrogens with two attached hydrogens (primary N) is 1. The molecule has 0 aliphatic rings. The third-order valence-corrected chi connectivity index (χ3v) is 2.79. The summed E-state index contributed by atoms with van der Waals surface area (Å²) in [5.41, 5.74) is 6.35. The van der Waals surface area contributed by atoms with Crippen molar-refractivity contribution in [2.24, 2.45) is 5.73 Å². The molecule has 16 heavy (non-hydrogen) atoms. The lowest BCUT2D eigenvalue weighted by molar-refractivity contribution is 0.513. The molecule has 1 heterocycles. The highest BCUT2D eigenvalue weighted by atomic mass is 15.4. The highest BCUT2D eigenvalue weighted by molar-refractivity contribution is 4.90. The van der Waals surface area contributed by atoms with Crippen LogP contribution in [-0.2, 0) is 13.1 Å². The van der Waals surface area contributed by atoms with Gasteiger partial charge in [-0.15, -0.1) is 5.10 Å². The van der Waals surface area contributed by atoms with Crippen molar-refractivity contribution in [3.63, 3.8) is 0 Å². The quantitative estimate of drug-likeness (QED) is 0.656. The van der Waals surface area contributed by atoms with Crippen LogP contribution in [-0.4, -0.2) is 15.0 Å². The standard InChI is InChI=1S/C12H24N4/c1-2-3-4-5-6-7-8-9-16-11-12(10-13)14-15-16/h11H,2-10,13H2,1H3. The van der Waals surface area contributed by atoms with E-state index in [4.69, 9.17) is 5.73 Å². The molecule has 1 rings (SSSR count). The van der Waals surface area contributed by atoms with Gasteiger partial charge in [-0.25, -0.2) is 0 Å². The second kappa shape index (κ2) is 8.28. The molecular formula is C12H24N4. The van der Waals surface area contributed by atoms with Crippen molar-refractivity contribution in [1.82, 2.24) is 15.0 Å². The third-order valence-electron chi connectivity index (χ3n) is 2.79. The van der Waals surface area contributed by atoms with Crippen molar-refractivity contribution >= 4 is 0 Å². The first kappa shape index (κ1) is 13.2. The number of rotatable bonds is 9. The molecule has 0 bridgehead atoms. The smallest absolute Gasteiger partial charge is 0.0962 e. The predicted octanol–water partition coefficient (Wildman–Crippen LogP) is 2.49. The molecule has 0 amide bonds. The van der Waals surface area contributed by atoms with Crippen molar-refractivity contribution in [2.75, 3.05) is 0 Å². The summed E-state index contributed by atoms with van der Waals surface area (Å²) < 4.78 is 1.90. The Labute approximate surface area is 98.2 Å². The first-order valence-electron chi connectivity index (χ1n) is 6.46. The van der Waals surface area contributed by atoms with Crippen LogP contribution in [0.2, 0.25) is 0 Å². The summed E-state index contributed by atoms with van der Waals surface area (Å²) in [6.45, 7) is 3.71. The van der Waals surface area contributed by atoms with Crippen molar-refractivity contribution in [3.8, 4) is 0 Å². The largest absolute Gasteiger partial charge is 0.325 e. The zero-order valence-electron chi connectivity index (χ0n) is 10.4. The molecule has 0 aliphatic heterocycles. The van der Waals surface area contributed by atoms with Crippen LogP contribution in [0.3, 0.4) is 0 Å². The monoisotopic (exact) mass is 224 g/mol.